The second-order valence-corrected chi connectivity index (χ2v) is 23.8. The second-order valence-electron chi connectivity index (χ2n) is 18.8. The van der Waals surface area contributed by atoms with Crippen LogP contribution in [-0.2, 0) is 68.6 Å². The third-order valence-electron chi connectivity index (χ3n) is 12.9. The molecule has 0 unspecified atom stereocenters. The van der Waals surface area contributed by atoms with Crippen LogP contribution in [0.3, 0.4) is 0 Å². The van der Waals surface area contributed by atoms with Crippen LogP contribution in [0.5, 0.6) is 0 Å². The van der Waals surface area contributed by atoms with Crippen molar-refractivity contribution >= 4 is 70.7 Å². The van der Waals surface area contributed by atoms with E-state index in [1.165, 1.54) is 54.6 Å². The van der Waals surface area contributed by atoms with Crippen LogP contribution in [0.4, 0.5) is 27.1 Å². The number of benzene rings is 9. The first-order valence-corrected chi connectivity index (χ1v) is 30.4. The summed E-state index contributed by atoms with van der Waals surface area (Å²) in [6.45, 7) is 0. The predicted molar refractivity (Wildman–Crippen MR) is 320 cm³/mol. The van der Waals surface area contributed by atoms with Gasteiger partial charge < -0.3 is 15.3 Å². The summed E-state index contributed by atoms with van der Waals surface area (Å²) in [6.07, 6.45) is 3.13. The number of nitrogens with zero attached hydrogens (tertiary/aromatic N) is 1. The highest BCUT2D eigenvalue weighted by Crippen LogP contribution is 2.27. The fraction of sp³-hybridized carbons (Fsp3) is 0.0952. The zero-order valence-electron chi connectivity index (χ0n) is 45.0. The van der Waals surface area contributed by atoms with E-state index in [-0.39, 0.29) is 21.7 Å². The van der Waals surface area contributed by atoms with E-state index in [2.05, 4.69) is 14.2 Å². The molecule has 0 spiro atoms. The Morgan fingerprint density at radius 1 is 0.388 bits per heavy atom. The number of aromatic carboxylic acids is 3. The van der Waals surface area contributed by atoms with Gasteiger partial charge in [0.15, 0.2) is 4.90 Å². The lowest BCUT2D eigenvalue weighted by atomic mass is 10.00. The highest BCUT2D eigenvalue weighted by atomic mass is 32.2. The molecule has 18 nitrogen and oxygen atoms in total. The molecule has 0 atom stereocenters. The van der Waals surface area contributed by atoms with Crippen molar-refractivity contribution < 1.29 is 64.3 Å². The van der Waals surface area contributed by atoms with Crippen LogP contribution < -0.4 is 14.2 Å². The van der Waals surface area contributed by atoms with E-state index in [1.807, 2.05) is 18.2 Å². The minimum atomic E-state index is -4.16. The number of carboxylic acids is 3. The Labute approximate surface area is 490 Å². The number of nitro groups is 1. The molecule has 6 N–H and O–H groups in total. The summed E-state index contributed by atoms with van der Waals surface area (Å²) < 4.78 is 96.2. The van der Waals surface area contributed by atoms with Crippen molar-refractivity contribution in [1.82, 2.24) is 0 Å². The number of sulfonamides is 3. The number of aryl methyl sites for hydroxylation is 6. The Bertz CT molecular complexity index is 4230. The number of nitro benzene ring substituents is 1. The van der Waals surface area contributed by atoms with E-state index in [0.29, 0.717) is 66.6 Å². The molecule has 85 heavy (non-hydrogen) atoms. The van der Waals surface area contributed by atoms with Gasteiger partial charge in [-0.3, -0.25) is 24.3 Å². The average Bonchev–Trinajstić information content (AvgIpc) is 3.59. The Morgan fingerprint density at radius 2 is 0.718 bits per heavy atom. The summed E-state index contributed by atoms with van der Waals surface area (Å²) in [7, 11) is -11.9. The lowest BCUT2D eigenvalue weighted by Gasteiger charge is -2.11. The molecule has 0 bridgehead atoms. The van der Waals surface area contributed by atoms with Gasteiger partial charge in [-0.05, 0) is 157 Å². The number of halogens is 1. The summed E-state index contributed by atoms with van der Waals surface area (Å²) >= 11 is 0. The maximum absolute atomic E-state index is 13.8. The van der Waals surface area contributed by atoms with Crippen molar-refractivity contribution in [3.8, 4) is 0 Å². The van der Waals surface area contributed by atoms with Crippen molar-refractivity contribution in [2.45, 2.75) is 53.2 Å². The van der Waals surface area contributed by atoms with E-state index in [1.54, 1.807) is 140 Å². The molecule has 9 aromatic carbocycles. The first kappa shape index (κ1) is 62.6. The second kappa shape index (κ2) is 28.8. The van der Waals surface area contributed by atoms with Crippen LogP contribution in [0.1, 0.15) is 64.5 Å². The van der Waals surface area contributed by atoms with Gasteiger partial charge in [-0.25, -0.2) is 44.0 Å². The Hall–Kier alpha value is -10.0. The topological polar surface area (TPSA) is 294 Å². The molecule has 0 saturated heterocycles. The molecule has 9 rings (SSSR count). The van der Waals surface area contributed by atoms with Crippen LogP contribution in [0.25, 0.3) is 0 Å². The highest BCUT2D eigenvalue weighted by molar-refractivity contribution is 7.93. The Morgan fingerprint density at radius 3 is 1.11 bits per heavy atom. The molecular formula is C63H55FN4O14S3. The zero-order valence-corrected chi connectivity index (χ0v) is 47.4. The molecule has 0 aliphatic carbocycles. The number of hydrogen-bond acceptors (Lipinski definition) is 11. The quantitative estimate of drug-likeness (QED) is 0.0272. The lowest BCUT2D eigenvalue weighted by molar-refractivity contribution is -0.387. The number of nitrogens with one attached hydrogen (secondary N) is 3. The lowest BCUT2D eigenvalue weighted by Crippen LogP contribution is -2.14. The smallest absolute Gasteiger partial charge is 0.335 e. The van der Waals surface area contributed by atoms with Crippen molar-refractivity contribution in [2.24, 2.45) is 0 Å². The number of para-hydroxylation sites is 1. The minimum absolute atomic E-state index is 0.200. The molecule has 9 aromatic rings. The molecule has 0 heterocycles. The van der Waals surface area contributed by atoms with Crippen LogP contribution in [0.15, 0.2) is 239 Å². The van der Waals surface area contributed by atoms with Gasteiger partial charge in [-0.1, -0.05) is 133 Å². The highest BCUT2D eigenvalue weighted by Gasteiger charge is 2.26. The normalized spacial score (nSPS) is 11.1. The molecule has 0 aromatic heterocycles. The van der Waals surface area contributed by atoms with Gasteiger partial charge in [0.1, 0.15) is 10.7 Å². The first-order valence-electron chi connectivity index (χ1n) is 25.9. The maximum atomic E-state index is 13.8. The third kappa shape index (κ3) is 17.7. The molecule has 0 amide bonds. The van der Waals surface area contributed by atoms with E-state index >= 15 is 0 Å². The van der Waals surface area contributed by atoms with Gasteiger partial charge in [0.25, 0.3) is 35.8 Å². The number of carboxylic acid groups (broad SMARTS) is 3. The molecule has 22 heteroatoms. The van der Waals surface area contributed by atoms with Crippen molar-refractivity contribution in [1.29, 1.82) is 0 Å². The SMILES string of the molecule is O=C(O)c1ccccc1CCc1cccc(NS(=O)(=O)c2ccccc2)c1.O=C(O)c1ccccc1CCc1cccc(NS(=O)(=O)c2ccccc2F)c1.O=C(O)c1ccccc1CCc1cccc(NS(=O)(=O)c2ccccc2[N+](=O)[O-])c1. The van der Waals surface area contributed by atoms with Gasteiger partial charge in [0.2, 0.25) is 0 Å². The summed E-state index contributed by atoms with van der Waals surface area (Å²) in [4.78, 5) is 43.7. The fourth-order valence-corrected chi connectivity index (χ4v) is 12.2. The largest absolute Gasteiger partial charge is 0.478 e. The number of hydrogen-bond donors (Lipinski definition) is 6. The van der Waals surface area contributed by atoms with Crippen LogP contribution in [-0.4, -0.2) is 63.4 Å². The van der Waals surface area contributed by atoms with Crippen LogP contribution in [0, 0.1) is 15.9 Å². The van der Waals surface area contributed by atoms with Crippen molar-refractivity contribution in [2.75, 3.05) is 14.2 Å². The van der Waals surface area contributed by atoms with Crippen LogP contribution in [0.2, 0.25) is 0 Å². The maximum Gasteiger partial charge on any atom is 0.335 e. The summed E-state index contributed by atoms with van der Waals surface area (Å²) in [6, 6.07) is 59.3. The third-order valence-corrected chi connectivity index (χ3v) is 17.1. The van der Waals surface area contributed by atoms with Gasteiger partial charge in [-0.15, -0.1) is 0 Å². The zero-order chi connectivity index (χ0) is 61.2. The van der Waals surface area contributed by atoms with Gasteiger partial charge in [-0.2, -0.15) is 0 Å². The van der Waals surface area contributed by atoms with E-state index in [4.69, 9.17) is 0 Å². The van der Waals surface area contributed by atoms with Crippen molar-refractivity contribution in [3.05, 3.63) is 290 Å². The Kier molecular flexibility index (Phi) is 21.2. The summed E-state index contributed by atoms with van der Waals surface area (Å²) in [5.41, 5.74) is 5.97. The average molecular weight is 1210 g/mol. The standard InChI is InChI=1S/C21H18FNO4S.C21H18N2O6S.C21H19NO4S/c22-19-10-3-4-11-20(19)28(26,27)23-17-8-5-6-15(14-17)12-13-16-7-1-2-9-18(16)21(24)25;24-21(25)18-9-2-1-7-16(18)13-12-15-6-5-8-17(14-15)22-30(28,29)20-11-4-3-10-19(20)23(26)27;23-21(24)20-12-5-4-8-17(20)14-13-16-7-6-9-18(15-16)22-27(25,26)19-10-2-1-3-11-19/h1-11,14,23H,12-13H2,(H,24,25);1-11,14,22H,12-13H2,(H,24,25);1-12,15,22H,13-14H2,(H,23,24). The monoisotopic (exact) mass is 1210 g/mol. The number of rotatable bonds is 22. The fourth-order valence-electron chi connectivity index (χ4n) is 8.78. The van der Waals surface area contributed by atoms with Gasteiger partial charge >= 0.3 is 17.9 Å². The first-order chi connectivity index (χ1) is 40.6. The Balaban J connectivity index is 0.000000183. The van der Waals surface area contributed by atoms with E-state index in [9.17, 15) is 69.5 Å². The number of carbonyl (C=O) groups is 3. The van der Waals surface area contributed by atoms with Crippen molar-refractivity contribution in [3.63, 3.8) is 0 Å². The van der Waals surface area contributed by atoms with E-state index in [0.717, 1.165) is 34.4 Å². The molecule has 0 fully saturated rings. The van der Waals surface area contributed by atoms with Crippen LogP contribution >= 0.6 is 0 Å². The summed E-state index contributed by atoms with van der Waals surface area (Å²) in [5.74, 6) is -3.76. The van der Waals surface area contributed by atoms with Gasteiger partial charge in [0.05, 0.1) is 26.5 Å². The molecular weight excluding hydrogens is 1150 g/mol. The van der Waals surface area contributed by atoms with Gasteiger partial charge in [0, 0.05) is 23.1 Å². The van der Waals surface area contributed by atoms with E-state index < -0.39 is 74.2 Å². The predicted octanol–water partition coefficient (Wildman–Crippen LogP) is 12.0. The minimum Gasteiger partial charge on any atom is -0.478 e. The number of anilines is 3. The molecule has 0 aliphatic rings. The summed E-state index contributed by atoms with van der Waals surface area (Å²) in [5, 5.41) is 38.9. The molecule has 0 radical (unpaired) electrons. The molecule has 436 valence electrons. The molecule has 0 saturated carbocycles. The molecule has 0 aliphatic heterocycles.